The van der Waals surface area contributed by atoms with Crippen LogP contribution in [0.2, 0.25) is 0 Å². The van der Waals surface area contributed by atoms with Crippen molar-refractivity contribution >= 4 is 5.91 Å². The molecule has 0 bridgehead atoms. The van der Waals surface area contributed by atoms with Gasteiger partial charge < -0.3 is 5.32 Å². The minimum Gasteiger partial charge on any atom is -0.350 e. The van der Waals surface area contributed by atoms with Gasteiger partial charge in [-0.1, -0.05) is 19.3 Å². The van der Waals surface area contributed by atoms with Crippen molar-refractivity contribution in [2.75, 3.05) is 6.54 Å². The summed E-state index contributed by atoms with van der Waals surface area (Å²) >= 11 is 0. The summed E-state index contributed by atoms with van der Waals surface area (Å²) in [7, 11) is 0. The van der Waals surface area contributed by atoms with Gasteiger partial charge in [0.2, 0.25) is 0 Å². The third-order valence-corrected chi connectivity index (χ3v) is 3.07. The molecule has 0 spiro atoms. The molecule has 0 saturated heterocycles. The van der Waals surface area contributed by atoms with Gasteiger partial charge in [-0.3, -0.25) is 9.78 Å². The molecule has 0 aliphatic heterocycles. The summed E-state index contributed by atoms with van der Waals surface area (Å²) in [6, 6.07) is 0. The van der Waals surface area contributed by atoms with Crippen LogP contribution in [0.5, 0.6) is 0 Å². The summed E-state index contributed by atoms with van der Waals surface area (Å²) in [6.07, 6.45) is 11.0. The first-order valence-corrected chi connectivity index (χ1v) is 5.90. The second-order valence-electron chi connectivity index (χ2n) is 4.30. The quantitative estimate of drug-likeness (QED) is 0.843. The van der Waals surface area contributed by atoms with Crippen LogP contribution in [-0.2, 0) is 0 Å². The normalized spacial score (nSPS) is 17.0. The molecule has 86 valence electrons. The SMILES string of the molecule is O=C(NCC1CCCCC1)c1cnccn1. The number of rotatable bonds is 3. The molecular formula is C12H17N3O. The molecule has 16 heavy (non-hydrogen) atoms. The number of hydrogen-bond donors (Lipinski definition) is 1. The van der Waals surface area contributed by atoms with E-state index < -0.39 is 0 Å². The van der Waals surface area contributed by atoms with E-state index in [0.717, 1.165) is 6.54 Å². The van der Waals surface area contributed by atoms with Crippen molar-refractivity contribution in [2.24, 2.45) is 5.92 Å². The average molecular weight is 219 g/mol. The smallest absolute Gasteiger partial charge is 0.271 e. The van der Waals surface area contributed by atoms with Gasteiger partial charge >= 0.3 is 0 Å². The van der Waals surface area contributed by atoms with E-state index in [4.69, 9.17) is 0 Å². The summed E-state index contributed by atoms with van der Waals surface area (Å²) in [5.41, 5.74) is 0.401. The fourth-order valence-electron chi connectivity index (χ4n) is 2.14. The summed E-state index contributed by atoms with van der Waals surface area (Å²) in [4.78, 5) is 19.5. The minimum absolute atomic E-state index is 0.112. The van der Waals surface area contributed by atoms with Crippen LogP contribution < -0.4 is 5.32 Å². The summed E-state index contributed by atoms with van der Waals surface area (Å²) in [6.45, 7) is 0.773. The first kappa shape index (κ1) is 11.0. The van der Waals surface area contributed by atoms with Crippen LogP contribution in [0.4, 0.5) is 0 Å². The Kier molecular flexibility index (Phi) is 3.86. The number of carbonyl (C=O) groups excluding carboxylic acids is 1. The van der Waals surface area contributed by atoms with Crippen molar-refractivity contribution in [1.29, 1.82) is 0 Å². The third kappa shape index (κ3) is 3.02. The van der Waals surface area contributed by atoms with Gasteiger partial charge in [-0.05, 0) is 18.8 Å². The van der Waals surface area contributed by atoms with Crippen LogP contribution in [0.3, 0.4) is 0 Å². The lowest BCUT2D eigenvalue weighted by molar-refractivity contribution is 0.0938. The molecule has 1 aliphatic carbocycles. The van der Waals surface area contributed by atoms with E-state index in [0.29, 0.717) is 11.6 Å². The number of nitrogens with one attached hydrogen (secondary N) is 1. The number of aromatic nitrogens is 2. The minimum atomic E-state index is -0.112. The molecule has 2 rings (SSSR count). The zero-order chi connectivity index (χ0) is 11.2. The second-order valence-corrected chi connectivity index (χ2v) is 4.30. The molecule has 1 heterocycles. The molecular weight excluding hydrogens is 202 g/mol. The molecule has 0 atom stereocenters. The second kappa shape index (κ2) is 5.58. The van der Waals surface area contributed by atoms with Crippen molar-refractivity contribution in [2.45, 2.75) is 32.1 Å². The van der Waals surface area contributed by atoms with Gasteiger partial charge in [0.1, 0.15) is 5.69 Å². The molecule has 1 N–H and O–H groups in total. The molecule has 0 unspecified atom stereocenters. The lowest BCUT2D eigenvalue weighted by Crippen LogP contribution is -2.30. The van der Waals surface area contributed by atoms with E-state index in [1.165, 1.54) is 44.5 Å². The Bertz CT molecular complexity index is 333. The Morgan fingerprint density at radius 2 is 2.12 bits per heavy atom. The lowest BCUT2D eigenvalue weighted by atomic mass is 9.89. The number of carbonyl (C=O) groups is 1. The van der Waals surface area contributed by atoms with Gasteiger partial charge in [0.15, 0.2) is 0 Å². The standard InChI is InChI=1S/C12H17N3O/c16-12(11-9-13-6-7-14-11)15-8-10-4-2-1-3-5-10/h6-7,9-10H,1-5,8H2,(H,15,16). The first-order valence-electron chi connectivity index (χ1n) is 5.90. The van der Waals surface area contributed by atoms with E-state index in [1.54, 1.807) is 6.20 Å². The van der Waals surface area contributed by atoms with E-state index in [-0.39, 0.29) is 5.91 Å². The molecule has 0 aromatic carbocycles. The van der Waals surface area contributed by atoms with E-state index >= 15 is 0 Å². The molecule has 4 nitrogen and oxygen atoms in total. The van der Waals surface area contributed by atoms with Crippen molar-refractivity contribution in [3.63, 3.8) is 0 Å². The number of nitrogens with zero attached hydrogens (tertiary/aromatic N) is 2. The van der Waals surface area contributed by atoms with Gasteiger partial charge in [-0.2, -0.15) is 0 Å². The maximum Gasteiger partial charge on any atom is 0.271 e. The Morgan fingerprint density at radius 3 is 2.81 bits per heavy atom. The molecule has 1 fully saturated rings. The third-order valence-electron chi connectivity index (χ3n) is 3.07. The van der Waals surface area contributed by atoms with E-state index in [1.807, 2.05) is 0 Å². The van der Waals surface area contributed by atoms with Crippen molar-refractivity contribution in [3.05, 3.63) is 24.3 Å². The van der Waals surface area contributed by atoms with E-state index in [9.17, 15) is 4.79 Å². The monoisotopic (exact) mass is 219 g/mol. The highest BCUT2D eigenvalue weighted by Crippen LogP contribution is 2.22. The topological polar surface area (TPSA) is 54.9 Å². The fourth-order valence-corrected chi connectivity index (χ4v) is 2.14. The van der Waals surface area contributed by atoms with Crippen molar-refractivity contribution < 1.29 is 4.79 Å². The molecule has 0 radical (unpaired) electrons. The van der Waals surface area contributed by atoms with Crippen LogP contribution in [0, 0.1) is 5.92 Å². The Balaban J connectivity index is 1.79. The average Bonchev–Trinajstić information content (AvgIpc) is 2.38. The maximum absolute atomic E-state index is 11.7. The fraction of sp³-hybridized carbons (Fsp3) is 0.583. The van der Waals surface area contributed by atoms with Gasteiger partial charge in [-0.15, -0.1) is 0 Å². The molecule has 1 amide bonds. The summed E-state index contributed by atoms with van der Waals surface area (Å²) in [5, 5.41) is 2.93. The van der Waals surface area contributed by atoms with Gasteiger partial charge in [0.05, 0.1) is 6.20 Å². The Labute approximate surface area is 95.5 Å². The highest BCUT2D eigenvalue weighted by atomic mass is 16.1. The van der Waals surface area contributed by atoms with Crippen LogP contribution in [0.1, 0.15) is 42.6 Å². The highest BCUT2D eigenvalue weighted by Gasteiger charge is 2.15. The van der Waals surface area contributed by atoms with Gasteiger partial charge in [0, 0.05) is 18.9 Å². The zero-order valence-corrected chi connectivity index (χ0v) is 9.35. The highest BCUT2D eigenvalue weighted by molar-refractivity contribution is 5.91. The molecule has 1 aromatic heterocycles. The van der Waals surface area contributed by atoms with Gasteiger partial charge in [-0.25, -0.2) is 4.98 Å². The summed E-state index contributed by atoms with van der Waals surface area (Å²) < 4.78 is 0. The maximum atomic E-state index is 11.7. The van der Waals surface area contributed by atoms with Crippen LogP contribution in [0.25, 0.3) is 0 Å². The van der Waals surface area contributed by atoms with Crippen molar-refractivity contribution in [3.8, 4) is 0 Å². The first-order chi connectivity index (χ1) is 7.86. The number of amides is 1. The summed E-state index contributed by atoms with van der Waals surface area (Å²) in [5.74, 6) is 0.535. The van der Waals surface area contributed by atoms with Crippen molar-refractivity contribution in [1.82, 2.24) is 15.3 Å². The Hall–Kier alpha value is -1.45. The predicted octanol–water partition coefficient (Wildman–Crippen LogP) is 1.79. The molecule has 1 aromatic rings. The zero-order valence-electron chi connectivity index (χ0n) is 9.35. The van der Waals surface area contributed by atoms with E-state index in [2.05, 4.69) is 15.3 Å². The molecule has 1 aliphatic rings. The Morgan fingerprint density at radius 1 is 1.31 bits per heavy atom. The van der Waals surface area contributed by atoms with Crippen LogP contribution in [-0.4, -0.2) is 22.4 Å². The largest absolute Gasteiger partial charge is 0.350 e. The predicted molar refractivity (Wildman–Crippen MR) is 60.9 cm³/mol. The van der Waals surface area contributed by atoms with Crippen LogP contribution in [0.15, 0.2) is 18.6 Å². The lowest BCUT2D eigenvalue weighted by Gasteiger charge is -2.21. The number of hydrogen-bond acceptors (Lipinski definition) is 3. The molecule has 4 heteroatoms. The molecule has 1 saturated carbocycles. The van der Waals surface area contributed by atoms with Gasteiger partial charge in [0.25, 0.3) is 5.91 Å². The van der Waals surface area contributed by atoms with Crippen LogP contribution >= 0.6 is 0 Å².